The van der Waals surface area contributed by atoms with Gasteiger partial charge in [0.25, 0.3) is 5.91 Å². The van der Waals surface area contributed by atoms with E-state index in [1.807, 2.05) is 29.0 Å². The molecule has 1 aromatic heterocycles. The first-order valence-corrected chi connectivity index (χ1v) is 12.1. The second kappa shape index (κ2) is 11.0. The Balaban J connectivity index is 1.29. The number of piperazine rings is 1. The summed E-state index contributed by atoms with van der Waals surface area (Å²) in [5.41, 5.74) is 2.30. The minimum Gasteiger partial charge on any atom is -0.339 e. The summed E-state index contributed by atoms with van der Waals surface area (Å²) in [6.07, 6.45) is 9.27. The van der Waals surface area contributed by atoms with Crippen LogP contribution in [0.4, 0.5) is 10.5 Å². The number of nitrogens with zero attached hydrogens (tertiary/aromatic N) is 4. The number of halogens is 1. The van der Waals surface area contributed by atoms with Crippen LogP contribution in [0.25, 0.3) is 0 Å². The largest absolute Gasteiger partial charge is 0.339 e. The monoisotopic (exact) mass is 469 g/mol. The average molecular weight is 470 g/mol. The number of aromatic nitrogens is 1. The first kappa shape index (κ1) is 23.5. The Morgan fingerprint density at radius 3 is 2.42 bits per heavy atom. The number of hydrogen-bond donors (Lipinski definition) is 1. The van der Waals surface area contributed by atoms with Crippen molar-refractivity contribution < 1.29 is 9.59 Å². The first-order chi connectivity index (χ1) is 16.0. The highest BCUT2D eigenvalue weighted by atomic mass is 35.5. The molecule has 2 aromatic rings. The van der Waals surface area contributed by atoms with E-state index in [2.05, 4.69) is 15.2 Å². The Morgan fingerprint density at radius 2 is 1.76 bits per heavy atom. The molecule has 8 heteroatoms. The van der Waals surface area contributed by atoms with Crippen molar-refractivity contribution in [2.24, 2.45) is 0 Å². The molecule has 33 heavy (non-hydrogen) atoms. The molecule has 2 heterocycles. The number of rotatable bonds is 5. The molecule has 1 N–H and O–H groups in total. The van der Waals surface area contributed by atoms with Gasteiger partial charge in [0, 0.05) is 63.9 Å². The van der Waals surface area contributed by atoms with Crippen LogP contribution in [0.1, 0.15) is 48.0 Å². The molecule has 1 aliphatic heterocycles. The van der Waals surface area contributed by atoms with Crippen molar-refractivity contribution in [3.63, 3.8) is 0 Å². The number of anilines is 1. The fourth-order valence-corrected chi connectivity index (χ4v) is 4.91. The Bertz CT molecular complexity index is 957. The number of carbonyl (C=O) groups excluding carboxylic acids is 2. The van der Waals surface area contributed by atoms with Gasteiger partial charge in [0.1, 0.15) is 0 Å². The highest BCUT2D eigenvalue weighted by Gasteiger charge is 2.25. The van der Waals surface area contributed by atoms with Crippen molar-refractivity contribution in [3.8, 4) is 0 Å². The molecular weight excluding hydrogens is 438 g/mol. The standard InChI is InChI=1S/C25H32ClN5O2/c1-29(21-5-3-2-4-6-21)24(32)22-8-7-20(17-23(22)26)28-25(33)31-15-13-30(14-16-31)18-19-9-11-27-12-10-19/h7-12,17,21H,2-6,13-16,18H2,1H3,(H,28,33). The van der Waals surface area contributed by atoms with Crippen molar-refractivity contribution in [2.45, 2.75) is 44.7 Å². The number of amides is 3. The van der Waals surface area contributed by atoms with E-state index in [0.29, 0.717) is 29.4 Å². The second-order valence-corrected chi connectivity index (χ2v) is 9.36. The molecule has 1 saturated carbocycles. The Labute approximate surface area is 200 Å². The van der Waals surface area contributed by atoms with Gasteiger partial charge in [-0.2, -0.15) is 0 Å². The molecule has 3 amide bonds. The van der Waals surface area contributed by atoms with E-state index in [9.17, 15) is 9.59 Å². The quantitative estimate of drug-likeness (QED) is 0.700. The van der Waals surface area contributed by atoms with E-state index in [-0.39, 0.29) is 18.0 Å². The highest BCUT2D eigenvalue weighted by molar-refractivity contribution is 6.34. The zero-order chi connectivity index (χ0) is 23.2. The topological polar surface area (TPSA) is 68.8 Å². The Kier molecular flexibility index (Phi) is 7.83. The molecule has 0 bridgehead atoms. The van der Waals surface area contributed by atoms with Gasteiger partial charge in [0.05, 0.1) is 10.6 Å². The SMILES string of the molecule is CN(C(=O)c1ccc(NC(=O)N2CCN(Cc3ccncc3)CC2)cc1Cl)C1CCCCC1. The van der Waals surface area contributed by atoms with Gasteiger partial charge in [-0.3, -0.25) is 14.7 Å². The third-order valence-corrected chi connectivity index (χ3v) is 7.02. The van der Waals surface area contributed by atoms with Crippen LogP contribution in [0.5, 0.6) is 0 Å². The summed E-state index contributed by atoms with van der Waals surface area (Å²) in [6, 6.07) is 9.31. The van der Waals surface area contributed by atoms with Crippen LogP contribution in [0, 0.1) is 0 Å². The average Bonchev–Trinajstić information content (AvgIpc) is 2.85. The zero-order valence-electron chi connectivity index (χ0n) is 19.2. The van der Waals surface area contributed by atoms with Crippen molar-refractivity contribution in [2.75, 3.05) is 38.5 Å². The molecule has 2 fully saturated rings. The molecule has 1 aliphatic carbocycles. The maximum atomic E-state index is 12.9. The lowest BCUT2D eigenvalue weighted by atomic mass is 9.94. The number of benzene rings is 1. The van der Waals surface area contributed by atoms with Gasteiger partial charge < -0.3 is 15.1 Å². The molecule has 0 spiro atoms. The van der Waals surface area contributed by atoms with Gasteiger partial charge >= 0.3 is 6.03 Å². The van der Waals surface area contributed by atoms with E-state index >= 15 is 0 Å². The number of nitrogens with one attached hydrogen (secondary N) is 1. The first-order valence-electron chi connectivity index (χ1n) is 11.7. The van der Waals surface area contributed by atoms with Crippen LogP contribution in [0.3, 0.4) is 0 Å². The van der Waals surface area contributed by atoms with Gasteiger partial charge in [0.15, 0.2) is 0 Å². The second-order valence-electron chi connectivity index (χ2n) is 8.95. The molecule has 7 nitrogen and oxygen atoms in total. The van der Waals surface area contributed by atoms with Gasteiger partial charge in [-0.15, -0.1) is 0 Å². The number of carbonyl (C=O) groups is 2. The van der Waals surface area contributed by atoms with Gasteiger partial charge in [-0.1, -0.05) is 30.9 Å². The lowest BCUT2D eigenvalue weighted by Gasteiger charge is -2.34. The number of hydrogen-bond acceptors (Lipinski definition) is 4. The third-order valence-electron chi connectivity index (χ3n) is 6.71. The normalized spacial score (nSPS) is 17.6. The summed E-state index contributed by atoms with van der Waals surface area (Å²) in [6.45, 7) is 3.81. The maximum Gasteiger partial charge on any atom is 0.321 e. The molecule has 1 aromatic carbocycles. The van der Waals surface area contributed by atoms with Crippen LogP contribution in [0.15, 0.2) is 42.7 Å². The molecular formula is C25H32ClN5O2. The van der Waals surface area contributed by atoms with Gasteiger partial charge in [0.2, 0.25) is 0 Å². The van der Waals surface area contributed by atoms with E-state index in [1.54, 1.807) is 30.6 Å². The summed E-state index contributed by atoms with van der Waals surface area (Å²) in [5.74, 6) is -0.0601. The predicted molar refractivity (Wildman–Crippen MR) is 131 cm³/mol. The summed E-state index contributed by atoms with van der Waals surface area (Å²) < 4.78 is 0. The molecule has 0 radical (unpaired) electrons. The van der Waals surface area contributed by atoms with Crippen molar-refractivity contribution in [3.05, 3.63) is 58.9 Å². The van der Waals surface area contributed by atoms with Crippen molar-refractivity contribution in [1.29, 1.82) is 0 Å². The van der Waals surface area contributed by atoms with Crippen LogP contribution < -0.4 is 5.32 Å². The van der Waals surface area contributed by atoms with Crippen LogP contribution in [-0.4, -0.2) is 70.9 Å². The molecule has 4 rings (SSSR count). The fourth-order valence-electron chi connectivity index (χ4n) is 4.65. The third kappa shape index (κ3) is 6.03. The zero-order valence-corrected chi connectivity index (χ0v) is 19.9. The number of urea groups is 1. The molecule has 0 atom stereocenters. The summed E-state index contributed by atoms with van der Waals surface area (Å²) in [5, 5.41) is 3.29. The summed E-state index contributed by atoms with van der Waals surface area (Å²) in [4.78, 5) is 35.7. The molecule has 0 unspecified atom stereocenters. The van der Waals surface area contributed by atoms with E-state index in [4.69, 9.17) is 11.6 Å². The molecule has 1 saturated heterocycles. The lowest BCUT2D eigenvalue weighted by molar-refractivity contribution is 0.0696. The maximum absolute atomic E-state index is 12.9. The van der Waals surface area contributed by atoms with E-state index < -0.39 is 0 Å². The smallest absolute Gasteiger partial charge is 0.321 e. The van der Waals surface area contributed by atoms with Crippen molar-refractivity contribution in [1.82, 2.24) is 19.7 Å². The fraction of sp³-hybridized carbons (Fsp3) is 0.480. The lowest BCUT2D eigenvalue weighted by Crippen LogP contribution is -2.49. The molecule has 176 valence electrons. The Hall–Kier alpha value is -2.64. The van der Waals surface area contributed by atoms with Crippen LogP contribution >= 0.6 is 11.6 Å². The highest BCUT2D eigenvalue weighted by Crippen LogP contribution is 2.27. The van der Waals surface area contributed by atoms with Crippen LogP contribution in [-0.2, 0) is 6.54 Å². The Morgan fingerprint density at radius 1 is 1.06 bits per heavy atom. The molecule has 2 aliphatic rings. The van der Waals surface area contributed by atoms with Gasteiger partial charge in [-0.25, -0.2) is 4.79 Å². The summed E-state index contributed by atoms with van der Waals surface area (Å²) in [7, 11) is 1.86. The minimum absolute atomic E-state index is 0.0601. The van der Waals surface area contributed by atoms with Crippen LogP contribution in [0.2, 0.25) is 5.02 Å². The van der Waals surface area contributed by atoms with Gasteiger partial charge in [-0.05, 0) is 48.7 Å². The number of pyridine rings is 1. The summed E-state index contributed by atoms with van der Waals surface area (Å²) >= 11 is 6.45. The van der Waals surface area contributed by atoms with E-state index in [1.165, 1.54) is 24.8 Å². The van der Waals surface area contributed by atoms with Crippen molar-refractivity contribution >= 4 is 29.2 Å². The minimum atomic E-state index is -0.145. The predicted octanol–water partition coefficient (Wildman–Crippen LogP) is 4.49. The van der Waals surface area contributed by atoms with E-state index in [0.717, 1.165) is 32.5 Å².